The van der Waals surface area contributed by atoms with E-state index in [1.807, 2.05) is 25.0 Å². The molecule has 0 bridgehead atoms. The quantitative estimate of drug-likeness (QED) is 0.699. The van der Waals surface area contributed by atoms with Gasteiger partial charge in [-0.1, -0.05) is 6.42 Å². The maximum Gasteiger partial charge on any atom is 0.0534 e. The molecule has 1 aromatic heterocycles. The highest BCUT2D eigenvalue weighted by atomic mass is 15.2. The van der Waals surface area contributed by atoms with E-state index >= 15 is 0 Å². The van der Waals surface area contributed by atoms with E-state index in [0.29, 0.717) is 6.04 Å². The van der Waals surface area contributed by atoms with Crippen molar-refractivity contribution in [1.29, 1.82) is 0 Å². The van der Waals surface area contributed by atoms with Gasteiger partial charge in [-0.25, -0.2) is 0 Å². The molecule has 17 heavy (non-hydrogen) atoms. The standard InChI is InChI=1S/C13H26N4/c1-12(14-2)7-5-6-8-16(3)10-13-9-15-17(4)11-13/h9,11-12,14H,5-8,10H2,1-4H3. The van der Waals surface area contributed by atoms with Crippen molar-refractivity contribution in [2.45, 2.75) is 38.8 Å². The van der Waals surface area contributed by atoms with Crippen molar-refractivity contribution < 1.29 is 0 Å². The number of hydrogen-bond donors (Lipinski definition) is 1. The number of nitrogens with zero attached hydrogens (tertiary/aromatic N) is 3. The van der Waals surface area contributed by atoms with Crippen molar-refractivity contribution in [1.82, 2.24) is 20.0 Å². The van der Waals surface area contributed by atoms with Crippen molar-refractivity contribution in [3.63, 3.8) is 0 Å². The van der Waals surface area contributed by atoms with Gasteiger partial charge in [-0.05, 0) is 40.4 Å². The average molecular weight is 238 g/mol. The Morgan fingerprint density at radius 1 is 1.47 bits per heavy atom. The van der Waals surface area contributed by atoms with Crippen LogP contribution in [-0.2, 0) is 13.6 Å². The largest absolute Gasteiger partial charge is 0.317 e. The molecule has 0 amide bonds. The molecule has 1 unspecified atom stereocenters. The van der Waals surface area contributed by atoms with Crippen molar-refractivity contribution in [2.24, 2.45) is 7.05 Å². The topological polar surface area (TPSA) is 33.1 Å². The normalized spacial score (nSPS) is 13.2. The van der Waals surface area contributed by atoms with Crippen LogP contribution in [0.4, 0.5) is 0 Å². The zero-order valence-electron chi connectivity index (χ0n) is 11.6. The predicted molar refractivity (Wildman–Crippen MR) is 71.9 cm³/mol. The Morgan fingerprint density at radius 2 is 2.24 bits per heavy atom. The number of aromatic nitrogens is 2. The fourth-order valence-corrected chi connectivity index (χ4v) is 1.92. The molecule has 1 rings (SSSR count). The molecule has 4 nitrogen and oxygen atoms in total. The van der Waals surface area contributed by atoms with Crippen LogP contribution in [0.1, 0.15) is 31.7 Å². The number of hydrogen-bond acceptors (Lipinski definition) is 3. The Hall–Kier alpha value is -0.870. The van der Waals surface area contributed by atoms with Crippen LogP contribution in [0.25, 0.3) is 0 Å². The Morgan fingerprint density at radius 3 is 2.82 bits per heavy atom. The lowest BCUT2D eigenvalue weighted by atomic mass is 10.1. The zero-order valence-corrected chi connectivity index (χ0v) is 11.6. The van der Waals surface area contributed by atoms with E-state index in [1.54, 1.807) is 0 Å². The summed E-state index contributed by atoms with van der Waals surface area (Å²) in [7, 11) is 6.16. The van der Waals surface area contributed by atoms with Crippen molar-refractivity contribution in [2.75, 3.05) is 20.6 Å². The van der Waals surface area contributed by atoms with E-state index < -0.39 is 0 Å². The van der Waals surface area contributed by atoms with Gasteiger partial charge in [0, 0.05) is 31.4 Å². The summed E-state index contributed by atoms with van der Waals surface area (Å²) in [5.74, 6) is 0. The lowest BCUT2D eigenvalue weighted by Gasteiger charge is -2.16. The third kappa shape index (κ3) is 5.84. The summed E-state index contributed by atoms with van der Waals surface area (Å²) in [6.07, 6.45) is 7.85. The van der Waals surface area contributed by atoms with E-state index in [2.05, 4.69) is 35.5 Å². The second kappa shape index (κ2) is 7.45. The molecule has 1 aromatic rings. The molecule has 0 saturated carbocycles. The molecule has 0 aliphatic carbocycles. The Balaban J connectivity index is 2.11. The molecule has 0 aliphatic heterocycles. The second-order valence-corrected chi connectivity index (χ2v) is 4.95. The lowest BCUT2D eigenvalue weighted by Crippen LogP contribution is -2.22. The summed E-state index contributed by atoms with van der Waals surface area (Å²) in [6.45, 7) is 4.39. The number of aryl methyl sites for hydroxylation is 1. The Kier molecular flexibility index (Phi) is 6.22. The first-order valence-electron chi connectivity index (χ1n) is 6.45. The molecule has 0 radical (unpaired) electrons. The number of unbranched alkanes of at least 4 members (excludes halogenated alkanes) is 1. The fraction of sp³-hybridized carbons (Fsp3) is 0.769. The molecular formula is C13H26N4. The van der Waals surface area contributed by atoms with E-state index in [4.69, 9.17) is 0 Å². The molecule has 98 valence electrons. The van der Waals surface area contributed by atoms with Crippen LogP contribution >= 0.6 is 0 Å². The van der Waals surface area contributed by atoms with E-state index in [-0.39, 0.29) is 0 Å². The van der Waals surface area contributed by atoms with Gasteiger partial charge in [-0.2, -0.15) is 5.10 Å². The van der Waals surface area contributed by atoms with Crippen LogP contribution < -0.4 is 5.32 Å². The maximum atomic E-state index is 4.18. The van der Waals surface area contributed by atoms with Gasteiger partial charge < -0.3 is 10.2 Å². The van der Waals surface area contributed by atoms with Crippen molar-refractivity contribution >= 4 is 0 Å². The smallest absolute Gasteiger partial charge is 0.0534 e. The third-order valence-electron chi connectivity index (χ3n) is 3.13. The highest BCUT2D eigenvalue weighted by Gasteiger charge is 2.03. The molecule has 1 heterocycles. The average Bonchev–Trinajstić information content (AvgIpc) is 2.69. The van der Waals surface area contributed by atoms with E-state index in [1.165, 1.54) is 24.8 Å². The summed E-state index contributed by atoms with van der Waals surface area (Å²) in [5, 5.41) is 7.45. The van der Waals surface area contributed by atoms with Crippen LogP contribution in [-0.4, -0.2) is 41.4 Å². The van der Waals surface area contributed by atoms with Crippen LogP contribution in [0, 0.1) is 0 Å². The first-order chi connectivity index (χ1) is 8.11. The minimum Gasteiger partial charge on any atom is -0.317 e. The van der Waals surface area contributed by atoms with Gasteiger partial charge in [0.25, 0.3) is 0 Å². The molecular weight excluding hydrogens is 212 g/mol. The van der Waals surface area contributed by atoms with Gasteiger partial charge in [-0.15, -0.1) is 0 Å². The first kappa shape index (κ1) is 14.2. The third-order valence-corrected chi connectivity index (χ3v) is 3.13. The van der Waals surface area contributed by atoms with Crippen LogP contribution in [0.2, 0.25) is 0 Å². The van der Waals surface area contributed by atoms with Crippen LogP contribution in [0.15, 0.2) is 12.4 Å². The number of nitrogens with one attached hydrogen (secondary N) is 1. The molecule has 0 fully saturated rings. The SMILES string of the molecule is CNC(C)CCCCN(C)Cc1cnn(C)c1. The van der Waals surface area contributed by atoms with E-state index in [9.17, 15) is 0 Å². The van der Waals surface area contributed by atoms with E-state index in [0.717, 1.165) is 13.1 Å². The van der Waals surface area contributed by atoms with Gasteiger partial charge in [0.1, 0.15) is 0 Å². The molecule has 1 atom stereocenters. The summed E-state index contributed by atoms with van der Waals surface area (Å²) < 4.78 is 1.86. The summed E-state index contributed by atoms with van der Waals surface area (Å²) in [6, 6.07) is 0.638. The second-order valence-electron chi connectivity index (χ2n) is 4.95. The summed E-state index contributed by atoms with van der Waals surface area (Å²) >= 11 is 0. The Bertz CT molecular complexity index is 308. The first-order valence-corrected chi connectivity index (χ1v) is 6.45. The summed E-state index contributed by atoms with van der Waals surface area (Å²) in [4.78, 5) is 2.36. The van der Waals surface area contributed by atoms with Gasteiger partial charge >= 0.3 is 0 Å². The van der Waals surface area contributed by atoms with Crippen molar-refractivity contribution in [3.05, 3.63) is 18.0 Å². The molecule has 0 aliphatic rings. The monoisotopic (exact) mass is 238 g/mol. The molecule has 0 spiro atoms. The maximum absolute atomic E-state index is 4.18. The molecule has 0 aromatic carbocycles. The fourth-order valence-electron chi connectivity index (χ4n) is 1.92. The predicted octanol–water partition coefficient (Wildman–Crippen LogP) is 1.63. The molecule has 1 N–H and O–H groups in total. The van der Waals surface area contributed by atoms with Gasteiger partial charge in [-0.3, -0.25) is 4.68 Å². The zero-order chi connectivity index (χ0) is 12.7. The van der Waals surface area contributed by atoms with Crippen molar-refractivity contribution in [3.8, 4) is 0 Å². The lowest BCUT2D eigenvalue weighted by molar-refractivity contribution is 0.314. The highest BCUT2D eigenvalue weighted by molar-refractivity contribution is 5.02. The number of rotatable bonds is 8. The summed E-state index contributed by atoms with van der Waals surface area (Å²) in [5.41, 5.74) is 1.29. The molecule has 4 heteroatoms. The minimum atomic E-state index is 0.638. The van der Waals surface area contributed by atoms with Gasteiger partial charge in [0.05, 0.1) is 6.20 Å². The van der Waals surface area contributed by atoms with Crippen LogP contribution in [0.3, 0.4) is 0 Å². The highest BCUT2D eigenvalue weighted by Crippen LogP contribution is 2.05. The van der Waals surface area contributed by atoms with Gasteiger partial charge in [0.2, 0.25) is 0 Å². The Labute approximate surface area is 105 Å². The van der Waals surface area contributed by atoms with Crippen LogP contribution in [0.5, 0.6) is 0 Å². The van der Waals surface area contributed by atoms with Gasteiger partial charge in [0.15, 0.2) is 0 Å². The molecule has 0 saturated heterocycles. The minimum absolute atomic E-state index is 0.638.